The van der Waals surface area contributed by atoms with Crippen molar-refractivity contribution in [1.82, 2.24) is 0 Å². The van der Waals surface area contributed by atoms with Crippen LogP contribution in [0.5, 0.6) is 0 Å². The summed E-state index contributed by atoms with van der Waals surface area (Å²) in [6.07, 6.45) is 0. The van der Waals surface area contributed by atoms with E-state index in [4.69, 9.17) is 0 Å². The molecule has 0 unspecified atom stereocenters. The van der Waals surface area contributed by atoms with Gasteiger partial charge in [0.2, 0.25) is 0 Å². The largest absolute Gasteiger partial charge is 0.192 e. The van der Waals surface area contributed by atoms with Gasteiger partial charge in [-0.15, -0.1) is 0 Å². The lowest BCUT2D eigenvalue weighted by molar-refractivity contribution is 1.50. The molecule has 6 aromatic rings. The first-order valence-corrected chi connectivity index (χ1v) is 12.1. The predicted octanol–water partition coefficient (Wildman–Crippen LogP) is 9.38. The second kappa shape index (κ2) is 9.37. The smallest absolute Gasteiger partial charge is 0.0998 e. The number of hydrogen-bond donors (Lipinski definition) is 0. The minimum absolute atomic E-state index is 0.681. The maximum Gasteiger partial charge on any atom is 0.0998 e. The molecule has 0 aliphatic heterocycles. The molecule has 0 aromatic heterocycles. The monoisotopic (exact) mass is 457 g/mol. The van der Waals surface area contributed by atoms with Gasteiger partial charge in [0.1, 0.15) is 0 Å². The van der Waals surface area contributed by atoms with Crippen LogP contribution in [0.1, 0.15) is 5.56 Å². The first-order chi connectivity index (χ1) is 17.9. The quantitative estimate of drug-likeness (QED) is 0.259. The van der Waals surface area contributed by atoms with Gasteiger partial charge in [0, 0.05) is 5.39 Å². The van der Waals surface area contributed by atoms with Crippen LogP contribution in [-0.4, -0.2) is 0 Å². The van der Waals surface area contributed by atoms with Crippen LogP contribution in [0.4, 0.5) is 0 Å². The zero-order chi connectivity index (χ0) is 24.3. The molecule has 0 amide bonds. The fourth-order valence-electron chi connectivity index (χ4n) is 5.22. The Labute approximate surface area is 211 Å². The fourth-order valence-corrected chi connectivity index (χ4v) is 5.22. The van der Waals surface area contributed by atoms with Crippen molar-refractivity contribution >= 4 is 10.8 Å². The highest BCUT2D eigenvalue weighted by Crippen LogP contribution is 2.51. The van der Waals surface area contributed by atoms with E-state index in [1.54, 1.807) is 0 Å². The first kappa shape index (κ1) is 21.6. The lowest BCUT2D eigenvalue weighted by Crippen LogP contribution is -1.98. The normalized spacial score (nSPS) is 10.8. The highest BCUT2D eigenvalue weighted by Gasteiger charge is 2.25. The van der Waals surface area contributed by atoms with Crippen LogP contribution >= 0.6 is 0 Å². The van der Waals surface area contributed by atoms with E-state index in [1.165, 1.54) is 5.56 Å². The number of nitriles is 1. The van der Waals surface area contributed by atoms with Gasteiger partial charge >= 0.3 is 0 Å². The number of hydrogen-bond acceptors (Lipinski definition) is 1. The molecule has 0 atom stereocenters. The van der Waals surface area contributed by atoms with E-state index < -0.39 is 0 Å². The highest BCUT2D eigenvalue weighted by atomic mass is 14.3. The van der Waals surface area contributed by atoms with E-state index >= 15 is 0 Å². The minimum Gasteiger partial charge on any atom is -0.192 e. The second-order valence-electron chi connectivity index (χ2n) is 8.80. The van der Waals surface area contributed by atoms with Crippen LogP contribution in [0.25, 0.3) is 55.3 Å². The SMILES string of the molecule is N#Cc1cccc2c(-c3ccccc3)c(-c3ccccc3)c(-c3ccccc3)c(-c3ccccc3)c12. The number of benzene rings is 6. The van der Waals surface area contributed by atoms with Gasteiger partial charge in [0.15, 0.2) is 0 Å². The van der Waals surface area contributed by atoms with Gasteiger partial charge in [-0.1, -0.05) is 133 Å². The third kappa shape index (κ3) is 3.66. The highest BCUT2D eigenvalue weighted by molar-refractivity contribution is 6.19. The van der Waals surface area contributed by atoms with E-state index in [0.717, 1.165) is 49.7 Å². The van der Waals surface area contributed by atoms with E-state index in [2.05, 4.69) is 115 Å². The zero-order valence-electron chi connectivity index (χ0n) is 19.7. The Morgan fingerprint density at radius 2 is 0.750 bits per heavy atom. The topological polar surface area (TPSA) is 23.8 Å². The standard InChI is InChI=1S/C35H23N/c36-24-29-22-13-23-30-31(25-14-5-1-6-15-25)33(26-16-7-2-8-17-26)35(28-20-11-4-12-21-28)34(32(29)30)27-18-9-3-10-19-27/h1-23H. The van der Waals surface area contributed by atoms with Crippen molar-refractivity contribution in [3.63, 3.8) is 0 Å². The summed E-state index contributed by atoms with van der Waals surface area (Å²) in [7, 11) is 0. The van der Waals surface area contributed by atoms with Crippen LogP contribution in [0.15, 0.2) is 140 Å². The van der Waals surface area contributed by atoms with E-state index in [-0.39, 0.29) is 0 Å². The third-order valence-corrected chi connectivity index (χ3v) is 6.70. The Hall–Kier alpha value is -4.93. The molecule has 0 aliphatic rings. The third-order valence-electron chi connectivity index (χ3n) is 6.70. The Kier molecular flexibility index (Phi) is 5.62. The fraction of sp³-hybridized carbons (Fsp3) is 0. The van der Waals surface area contributed by atoms with Crippen LogP contribution < -0.4 is 0 Å². The molecule has 0 saturated heterocycles. The molecule has 0 N–H and O–H groups in total. The second-order valence-corrected chi connectivity index (χ2v) is 8.80. The summed E-state index contributed by atoms with van der Waals surface area (Å²) in [5.41, 5.74) is 9.74. The van der Waals surface area contributed by atoms with Gasteiger partial charge in [-0.25, -0.2) is 0 Å². The summed E-state index contributed by atoms with van der Waals surface area (Å²) in [5, 5.41) is 12.3. The molecule has 0 saturated carbocycles. The molecule has 0 bridgehead atoms. The summed E-state index contributed by atoms with van der Waals surface area (Å²) in [6, 6.07) is 50.8. The molecule has 1 nitrogen and oxygen atoms in total. The van der Waals surface area contributed by atoms with E-state index in [9.17, 15) is 5.26 Å². The first-order valence-electron chi connectivity index (χ1n) is 12.1. The molecule has 168 valence electrons. The molecule has 0 radical (unpaired) electrons. The van der Waals surface area contributed by atoms with Gasteiger partial charge in [0.25, 0.3) is 0 Å². The van der Waals surface area contributed by atoms with Crippen molar-refractivity contribution in [1.29, 1.82) is 5.26 Å². The molecular formula is C35H23N. The van der Waals surface area contributed by atoms with Gasteiger partial charge in [0.05, 0.1) is 11.6 Å². The molecule has 6 aromatic carbocycles. The van der Waals surface area contributed by atoms with Gasteiger partial charge in [-0.3, -0.25) is 0 Å². The number of rotatable bonds is 4. The van der Waals surface area contributed by atoms with Crippen LogP contribution in [-0.2, 0) is 0 Å². The van der Waals surface area contributed by atoms with Crippen LogP contribution in [0, 0.1) is 11.3 Å². The molecular weight excluding hydrogens is 434 g/mol. The summed E-state index contributed by atoms with van der Waals surface area (Å²) in [6.45, 7) is 0. The van der Waals surface area contributed by atoms with Gasteiger partial charge < -0.3 is 0 Å². The van der Waals surface area contributed by atoms with E-state index in [0.29, 0.717) is 5.56 Å². The van der Waals surface area contributed by atoms with Crippen molar-refractivity contribution in [2.45, 2.75) is 0 Å². The Bertz CT molecular complexity index is 1700. The molecule has 0 spiro atoms. The van der Waals surface area contributed by atoms with Crippen LogP contribution in [0.2, 0.25) is 0 Å². The number of nitrogens with zero attached hydrogens (tertiary/aromatic N) is 1. The Morgan fingerprint density at radius 1 is 0.361 bits per heavy atom. The summed E-state index contributed by atoms with van der Waals surface area (Å²) >= 11 is 0. The minimum atomic E-state index is 0.681. The maximum atomic E-state index is 10.3. The molecule has 1 heteroatoms. The average Bonchev–Trinajstić information content (AvgIpc) is 2.97. The van der Waals surface area contributed by atoms with Crippen molar-refractivity contribution in [2.75, 3.05) is 0 Å². The van der Waals surface area contributed by atoms with E-state index in [1.807, 2.05) is 30.3 Å². The molecule has 0 fully saturated rings. The van der Waals surface area contributed by atoms with Crippen molar-refractivity contribution in [3.05, 3.63) is 145 Å². The maximum absolute atomic E-state index is 10.3. The number of fused-ring (bicyclic) bond motifs is 1. The van der Waals surface area contributed by atoms with Gasteiger partial charge in [-0.05, 0) is 56.0 Å². The Morgan fingerprint density at radius 3 is 1.19 bits per heavy atom. The summed E-state index contributed by atoms with van der Waals surface area (Å²) in [5.74, 6) is 0. The lowest BCUT2D eigenvalue weighted by atomic mass is 9.78. The van der Waals surface area contributed by atoms with Crippen molar-refractivity contribution in [3.8, 4) is 50.6 Å². The predicted molar refractivity (Wildman–Crippen MR) is 150 cm³/mol. The molecule has 6 rings (SSSR count). The summed E-state index contributed by atoms with van der Waals surface area (Å²) < 4.78 is 0. The molecule has 0 aliphatic carbocycles. The Balaban J connectivity index is 1.95. The van der Waals surface area contributed by atoms with Crippen LogP contribution in [0.3, 0.4) is 0 Å². The average molecular weight is 458 g/mol. The van der Waals surface area contributed by atoms with Gasteiger partial charge in [-0.2, -0.15) is 5.26 Å². The zero-order valence-corrected chi connectivity index (χ0v) is 19.7. The molecule has 0 heterocycles. The molecule has 36 heavy (non-hydrogen) atoms. The van der Waals surface area contributed by atoms with Crippen molar-refractivity contribution in [2.24, 2.45) is 0 Å². The summed E-state index contributed by atoms with van der Waals surface area (Å²) in [4.78, 5) is 0. The van der Waals surface area contributed by atoms with Crippen molar-refractivity contribution < 1.29 is 0 Å². The lowest BCUT2D eigenvalue weighted by Gasteiger charge is -2.24.